The largest absolute Gasteiger partial charge is 0.276 e. The van der Waals surface area contributed by atoms with E-state index in [-0.39, 0.29) is 16.7 Å². The van der Waals surface area contributed by atoms with Gasteiger partial charge < -0.3 is 0 Å². The van der Waals surface area contributed by atoms with E-state index in [1.165, 1.54) is 12.1 Å². The van der Waals surface area contributed by atoms with E-state index < -0.39 is 15.7 Å². The molecule has 0 aromatic heterocycles. The lowest BCUT2D eigenvalue weighted by atomic mass is 9.97. The third-order valence-electron chi connectivity index (χ3n) is 2.24. The zero-order valence-corrected chi connectivity index (χ0v) is 11.0. The van der Waals surface area contributed by atoms with Crippen LogP contribution in [0.4, 0.5) is 0 Å². The third kappa shape index (κ3) is 3.06. The monoisotopic (exact) mass is 292 g/mol. The van der Waals surface area contributed by atoms with E-state index in [4.69, 9.17) is 34.8 Å². The first-order valence-electron chi connectivity index (χ1n) is 4.64. The van der Waals surface area contributed by atoms with E-state index in [1.54, 1.807) is 6.92 Å². The van der Waals surface area contributed by atoms with Crippen LogP contribution in [-0.4, -0.2) is 15.7 Å². The number of carbonyl (C=O) groups excluding carboxylic acids is 3. The average Bonchev–Trinajstić information content (AvgIpc) is 2.26. The molecule has 0 aliphatic heterocycles. The highest BCUT2D eigenvalue weighted by Gasteiger charge is 2.20. The average molecular weight is 294 g/mol. The molecule has 0 saturated heterocycles. The lowest BCUT2D eigenvalue weighted by Crippen LogP contribution is -2.08. The van der Waals surface area contributed by atoms with Gasteiger partial charge in [-0.3, -0.25) is 14.4 Å². The Labute approximate surface area is 113 Å². The van der Waals surface area contributed by atoms with Gasteiger partial charge in [-0.2, -0.15) is 0 Å². The molecule has 0 aliphatic rings. The van der Waals surface area contributed by atoms with E-state index in [9.17, 15) is 14.4 Å². The van der Waals surface area contributed by atoms with Crippen LogP contribution in [0, 0.1) is 0 Å². The van der Waals surface area contributed by atoms with Crippen molar-refractivity contribution in [3.8, 4) is 0 Å². The Balaban J connectivity index is 3.63. The fraction of sp³-hybridized carbons (Fsp3) is 0.182. The molecule has 0 N–H and O–H groups in total. The Hall–Kier alpha value is -0.900. The fourth-order valence-corrected chi connectivity index (χ4v) is 1.96. The van der Waals surface area contributed by atoms with Crippen LogP contribution in [0.15, 0.2) is 12.1 Å². The van der Waals surface area contributed by atoms with Crippen LogP contribution < -0.4 is 0 Å². The normalized spacial score (nSPS) is 10.1. The van der Waals surface area contributed by atoms with Crippen LogP contribution in [-0.2, 0) is 6.42 Å². The van der Waals surface area contributed by atoms with Crippen molar-refractivity contribution in [3.63, 3.8) is 0 Å². The maximum Gasteiger partial charge on any atom is 0.253 e. The molecule has 1 aromatic carbocycles. The van der Waals surface area contributed by atoms with Gasteiger partial charge in [-0.25, -0.2) is 0 Å². The second kappa shape index (κ2) is 5.63. The molecule has 0 fully saturated rings. The smallest absolute Gasteiger partial charge is 0.253 e. The highest BCUT2D eigenvalue weighted by Crippen LogP contribution is 2.23. The molecule has 0 unspecified atom stereocenters. The summed E-state index contributed by atoms with van der Waals surface area (Å²) in [6.07, 6.45) is 0.420. The van der Waals surface area contributed by atoms with E-state index >= 15 is 0 Å². The minimum absolute atomic E-state index is 0.0239. The van der Waals surface area contributed by atoms with E-state index in [0.717, 1.165) is 0 Å². The fourth-order valence-electron chi connectivity index (χ4n) is 1.48. The van der Waals surface area contributed by atoms with E-state index in [0.29, 0.717) is 12.0 Å². The maximum atomic E-state index is 11.3. The van der Waals surface area contributed by atoms with Crippen LogP contribution >= 0.6 is 34.8 Å². The maximum absolute atomic E-state index is 11.3. The molecule has 0 spiro atoms. The van der Waals surface area contributed by atoms with Gasteiger partial charge in [0.15, 0.2) is 0 Å². The summed E-state index contributed by atoms with van der Waals surface area (Å²) in [6, 6.07) is 2.59. The van der Waals surface area contributed by atoms with Gasteiger partial charge in [-0.05, 0) is 58.9 Å². The number of hydrogen-bond donors (Lipinski definition) is 0. The van der Waals surface area contributed by atoms with Crippen molar-refractivity contribution < 1.29 is 14.4 Å². The van der Waals surface area contributed by atoms with Crippen LogP contribution in [0.5, 0.6) is 0 Å². The first-order chi connectivity index (χ1) is 7.88. The molecular formula is C11H7Cl3O3. The molecular weight excluding hydrogens is 286 g/mol. The van der Waals surface area contributed by atoms with Crippen LogP contribution in [0.3, 0.4) is 0 Å². The molecule has 0 heterocycles. The van der Waals surface area contributed by atoms with Crippen LogP contribution in [0.1, 0.15) is 43.6 Å². The van der Waals surface area contributed by atoms with Crippen molar-refractivity contribution >= 4 is 50.5 Å². The highest BCUT2D eigenvalue weighted by atomic mass is 35.5. The molecule has 0 atom stereocenters. The summed E-state index contributed by atoms with van der Waals surface area (Å²) in [7, 11) is 0. The van der Waals surface area contributed by atoms with Gasteiger partial charge in [0.2, 0.25) is 0 Å². The quantitative estimate of drug-likeness (QED) is 0.800. The molecule has 0 aliphatic carbocycles. The predicted octanol–water partition coefficient (Wildman–Crippen LogP) is 3.39. The second-order valence-electron chi connectivity index (χ2n) is 3.23. The first kappa shape index (κ1) is 14.2. The van der Waals surface area contributed by atoms with Gasteiger partial charge in [-0.15, -0.1) is 0 Å². The van der Waals surface area contributed by atoms with Crippen molar-refractivity contribution in [3.05, 3.63) is 34.4 Å². The van der Waals surface area contributed by atoms with E-state index in [1.807, 2.05) is 0 Å². The van der Waals surface area contributed by atoms with Crippen molar-refractivity contribution in [2.24, 2.45) is 0 Å². The molecule has 90 valence electrons. The molecule has 6 heteroatoms. The molecule has 0 radical (unpaired) electrons. The van der Waals surface area contributed by atoms with Gasteiger partial charge in [0, 0.05) is 16.7 Å². The molecule has 0 saturated carbocycles. The molecule has 3 nitrogen and oxygen atoms in total. The summed E-state index contributed by atoms with van der Waals surface area (Å²) in [5, 5.41) is -2.38. The molecule has 1 aromatic rings. The lowest BCUT2D eigenvalue weighted by Gasteiger charge is -2.09. The summed E-state index contributed by atoms with van der Waals surface area (Å²) in [6.45, 7) is 1.75. The first-order valence-corrected chi connectivity index (χ1v) is 5.78. The summed E-state index contributed by atoms with van der Waals surface area (Å²) in [5.41, 5.74) is 0.487. The van der Waals surface area contributed by atoms with Crippen LogP contribution in [0.25, 0.3) is 0 Å². The molecule has 17 heavy (non-hydrogen) atoms. The Kier molecular flexibility index (Phi) is 4.69. The standard InChI is InChI=1S/C11H7Cl3O3/c1-2-5-3-6(9(12)15)4-7(10(13)16)8(5)11(14)17/h3-4H,2H2,1H3. The minimum Gasteiger partial charge on any atom is -0.276 e. The van der Waals surface area contributed by atoms with Gasteiger partial charge in [-0.1, -0.05) is 6.92 Å². The third-order valence-corrected chi connectivity index (χ3v) is 2.85. The van der Waals surface area contributed by atoms with Crippen molar-refractivity contribution in [2.75, 3.05) is 0 Å². The zero-order valence-electron chi connectivity index (χ0n) is 8.72. The molecule has 1 rings (SSSR count). The van der Waals surface area contributed by atoms with Gasteiger partial charge >= 0.3 is 0 Å². The summed E-state index contributed by atoms with van der Waals surface area (Å²) in [5.74, 6) is 0. The number of halogens is 3. The minimum atomic E-state index is -0.858. The topological polar surface area (TPSA) is 51.2 Å². The van der Waals surface area contributed by atoms with Gasteiger partial charge in [0.25, 0.3) is 15.7 Å². The Morgan fingerprint density at radius 1 is 1.00 bits per heavy atom. The predicted molar refractivity (Wildman–Crippen MR) is 66.4 cm³/mol. The summed E-state index contributed by atoms with van der Waals surface area (Å²) < 4.78 is 0. The summed E-state index contributed by atoms with van der Waals surface area (Å²) in [4.78, 5) is 33.5. The van der Waals surface area contributed by atoms with Crippen LogP contribution in [0.2, 0.25) is 0 Å². The Bertz CT molecular complexity index is 509. The SMILES string of the molecule is CCc1cc(C(=O)Cl)cc(C(=O)Cl)c1C(=O)Cl. The van der Waals surface area contributed by atoms with Crippen molar-refractivity contribution in [2.45, 2.75) is 13.3 Å². The number of carbonyl (C=O) groups is 3. The van der Waals surface area contributed by atoms with Crippen molar-refractivity contribution in [1.82, 2.24) is 0 Å². The van der Waals surface area contributed by atoms with Gasteiger partial charge in [0.1, 0.15) is 0 Å². The van der Waals surface area contributed by atoms with Crippen molar-refractivity contribution in [1.29, 1.82) is 0 Å². The number of rotatable bonds is 4. The lowest BCUT2D eigenvalue weighted by molar-refractivity contribution is 0.104. The van der Waals surface area contributed by atoms with E-state index in [2.05, 4.69) is 0 Å². The number of benzene rings is 1. The molecule has 0 bridgehead atoms. The summed E-state index contributed by atoms with van der Waals surface area (Å²) >= 11 is 16.1. The Morgan fingerprint density at radius 2 is 1.59 bits per heavy atom. The second-order valence-corrected chi connectivity index (χ2v) is 4.26. The number of hydrogen-bond acceptors (Lipinski definition) is 3. The zero-order chi connectivity index (χ0) is 13.2. The Morgan fingerprint density at radius 3 is 1.94 bits per heavy atom. The highest BCUT2D eigenvalue weighted by molar-refractivity contribution is 6.72. The number of aryl methyl sites for hydroxylation is 1. The van der Waals surface area contributed by atoms with Gasteiger partial charge in [0.05, 0.1) is 0 Å². The molecule has 0 amide bonds.